The van der Waals surface area contributed by atoms with Crippen LogP contribution in [-0.4, -0.2) is 58.7 Å². The number of hydrogen-bond donors (Lipinski definition) is 2. The fourth-order valence-corrected chi connectivity index (χ4v) is 3.01. The summed E-state index contributed by atoms with van der Waals surface area (Å²) in [6.45, 7) is 8.71. The Labute approximate surface area is 164 Å². The normalized spacial score (nSPS) is 18.8. The Bertz CT molecular complexity index is 471. The van der Waals surface area contributed by atoms with Crippen LogP contribution in [-0.2, 0) is 14.6 Å². The third kappa shape index (κ3) is 11.5. The van der Waals surface area contributed by atoms with Crippen LogP contribution in [0.1, 0.15) is 46.5 Å². The van der Waals surface area contributed by atoms with Gasteiger partial charge in [-0.3, -0.25) is 4.99 Å². The molecule has 1 aliphatic carbocycles. The molecule has 0 atom stereocenters. The van der Waals surface area contributed by atoms with Crippen LogP contribution in [0.15, 0.2) is 4.99 Å². The van der Waals surface area contributed by atoms with Crippen LogP contribution in [0.3, 0.4) is 0 Å². The lowest BCUT2D eigenvalue weighted by atomic mass is 9.75. The Kier molecular flexibility index (Phi) is 11.5. The first-order valence-corrected chi connectivity index (χ1v) is 10.6. The van der Waals surface area contributed by atoms with Crippen LogP contribution < -0.4 is 10.6 Å². The van der Waals surface area contributed by atoms with Crippen molar-refractivity contribution in [3.63, 3.8) is 0 Å². The Morgan fingerprint density at radius 3 is 2.42 bits per heavy atom. The molecular weight excluding hydrogens is 441 g/mol. The molecule has 1 rings (SSSR count). The van der Waals surface area contributed by atoms with Crippen molar-refractivity contribution in [1.29, 1.82) is 0 Å². The lowest BCUT2D eigenvalue weighted by Crippen LogP contribution is -2.45. The molecule has 0 unspecified atom stereocenters. The molecule has 0 aliphatic heterocycles. The first kappa shape index (κ1) is 23.9. The lowest BCUT2D eigenvalue weighted by molar-refractivity contribution is 0.157. The maximum absolute atomic E-state index is 11.0. The van der Waals surface area contributed by atoms with E-state index in [1.54, 1.807) is 0 Å². The molecule has 1 aliphatic rings. The second-order valence-corrected chi connectivity index (χ2v) is 9.35. The quantitative estimate of drug-likeness (QED) is 0.244. The Morgan fingerprint density at radius 1 is 1.25 bits per heavy atom. The predicted molar refractivity (Wildman–Crippen MR) is 111 cm³/mol. The van der Waals surface area contributed by atoms with E-state index < -0.39 is 9.84 Å². The number of rotatable bonds is 8. The van der Waals surface area contributed by atoms with Gasteiger partial charge in [0.1, 0.15) is 9.84 Å². The van der Waals surface area contributed by atoms with E-state index >= 15 is 0 Å². The van der Waals surface area contributed by atoms with Crippen molar-refractivity contribution < 1.29 is 13.2 Å². The molecule has 1 saturated carbocycles. The maximum Gasteiger partial charge on any atom is 0.191 e. The molecule has 24 heavy (non-hydrogen) atoms. The number of ether oxygens (including phenoxy) is 1. The number of nitrogens with one attached hydrogen (secondary N) is 2. The standard InChI is InChI=1S/C16H33N3O3S.HI/c1-5-17-15(18-10-11-22-12-13-23(4,20)21)19-14-6-8-16(2,3)9-7-14;/h14H,5-13H2,1-4H3,(H2,17,18,19);1H. The molecule has 0 saturated heterocycles. The molecule has 2 N–H and O–H groups in total. The van der Waals surface area contributed by atoms with E-state index in [2.05, 4.69) is 29.5 Å². The molecule has 0 radical (unpaired) electrons. The number of sulfone groups is 1. The average molecular weight is 475 g/mol. The van der Waals surface area contributed by atoms with Crippen LogP contribution in [0.5, 0.6) is 0 Å². The van der Waals surface area contributed by atoms with E-state index in [9.17, 15) is 8.42 Å². The molecule has 144 valence electrons. The van der Waals surface area contributed by atoms with Crippen molar-refractivity contribution in [3.8, 4) is 0 Å². The van der Waals surface area contributed by atoms with E-state index in [0.29, 0.717) is 24.6 Å². The summed E-state index contributed by atoms with van der Waals surface area (Å²) in [6, 6.07) is 0.479. The van der Waals surface area contributed by atoms with Crippen molar-refractivity contribution in [1.82, 2.24) is 10.6 Å². The first-order chi connectivity index (χ1) is 10.7. The van der Waals surface area contributed by atoms with Crippen molar-refractivity contribution in [2.45, 2.75) is 52.5 Å². The highest BCUT2D eigenvalue weighted by atomic mass is 127. The Balaban J connectivity index is 0.00000529. The third-order valence-corrected chi connectivity index (χ3v) is 5.04. The zero-order valence-corrected chi connectivity index (χ0v) is 18.6. The zero-order chi connectivity index (χ0) is 17.3. The summed E-state index contributed by atoms with van der Waals surface area (Å²) in [5.74, 6) is 0.885. The predicted octanol–water partition coefficient (Wildman–Crippen LogP) is 2.19. The summed E-state index contributed by atoms with van der Waals surface area (Å²) in [5, 5.41) is 6.75. The van der Waals surface area contributed by atoms with Gasteiger partial charge in [0.15, 0.2) is 5.96 Å². The van der Waals surface area contributed by atoms with E-state index in [1.165, 1.54) is 31.9 Å². The second-order valence-electron chi connectivity index (χ2n) is 7.09. The summed E-state index contributed by atoms with van der Waals surface area (Å²) in [4.78, 5) is 4.50. The smallest absolute Gasteiger partial charge is 0.191 e. The molecule has 0 heterocycles. The number of guanidine groups is 1. The van der Waals surface area contributed by atoms with Crippen molar-refractivity contribution in [3.05, 3.63) is 0 Å². The summed E-state index contributed by atoms with van der Waals surface area (Å²) in [7, 11) is -2.95. The molecule has 0 aromatic rings. The van der Waals surface area contributed by atoms with E-state index in [4.69, 9.17) is 4.74 Å². The summed E-state index contributed by atoms with van der Waals surface area (Å²) in [6.07, 6.45) is 6.02. The Hall–Kier alpha value is -0.0900. The topological polar surface area (TPSA) is 79.8 Å². The highest BCUT2D eigenvalue weighted by molar-refractivity contribution is 14.0. The molecule has 1 fully saturated rings. The number of halogens is 1. The second kappa shape index (κ2) is 11.5. The van der Waals surface area contributed by atoms with Crippen molar-refractivity contribution in [2.24, 2.45) is 10.4 Å². The highest BCUT2D eigenvalue weighted by Crippen LogP contribution is 2.34. The van der Waals surface area contributed by atoms with Gasteiger partial charge in [-0.1, -0.05) is 13.8 Å². The monoisotopic (exact) mass is 475 g/mol. The van der Waals surface area contributed by atoms with Crippen molar-refractivity contribution in [2.75, 3.05) is 38.3 Å². The molecule has 0 amide bonds. The fraction of sp³-hybridized carbons (Fsp3) is 0.938. The van der Waals surface area contributed by atoms with Gasteiger partial charge in [-0.05, 0) is 38.0 Å². The van der Waals surface area contributed by atoms with Crippen LogP contribution in [0.2, 0.25) is 0 Å². The highest BCUT2D eigenvalue weighted by Gasteiger charge is 2.27. The minimum Gasteiger partial charge on any atom is -0.378 e. The lowest BCUT2D eigenvalue weighted by Gasteiger charge is -2.35. The summed E-state index contributed by atoms with van der Waals surface area (Å²) >= 11 is 0. The van der Waals surface area contributed by atoms with Gasteiger partial charge in [-0.2, -0.15) is 0 Å². The number of nitrogens with zero attached hydrogens (tertiary/aromatic N) is 1. The molecular formula is C16H34IN3O3S. The van der Waals surface area contributed by atoms with Crippen LogP contribution >= 0.6 is 24.0 Å². The van der Waals surface area contributed by atoms with Gasteiger partial charge in [0, 0.05) is 18.8 Å². The minimum atomic E-state index is -2.95. The van der Waals surface area contributed by atoms with E-state index in [0.717, 1.165) is 12.5 Å². The van der Waals surface area contributed by atoms with Crippen molar-refractivity contribution >= 4 is 39.8 Å². The van der Waals surface area contributed by atoms with E-state index in [1.807, 2.05) is 6.92 Å². The molecule has 0 bridgehead atoms. The molecule has 0 aromatic carbocycles. The van der Waals surface area contributed by atoms with Crippen LogP contribution in [0, 0.1) is 5.41 Å². The summed E-state index contributed by atoms with van der Waals surface area (Å²) in [5.41, 5.74) is 0.459. The number of aliphatic imine (C=N–C) groups is 1. The van der Waals surface area contributed by atoms with E-state index in [-0.39, 0.29) is 36.3 Å². The van der Waals surface area contributed by atoms with Crippen LogP contribution in [0.25, 0.3) is 0 Å². The van der Waals surface area contributed by atoms with Gasteiger partial charge in [0.2, 0.25) is 0 Å². The molecule has 6 nitrogen and oxygen atoms in total. The largest absolute Gasteiger partial charge is 0.378 e. The minimum absolute atomic E-state index is 0. The van der Waals surface area contributed by atoms with Gasteiger partial charge in [-0.25, -0.2) is 8.42 Å². The fourth-order valence-electron chi connectivity index (χ4n) is 2.59. The Morgan fingerprint density at radius 2 is 1.88 bits per heavy atom. The maximum atomic E-state index is 11.0. The van der Waals surface area contributed by atoms with Gasteiger partial charge in [0.25, 0.3) is 0 Å². The van der Waals surface area contributed by atoms with Gasteiger partial charge < -0.3 is 15.4 Å². The SMILES string of the molecule is CCNC(=NCCOCCS(C)(=O)=O)NC1CCC(C)(C)CC1.I. The number of hydrogen-bond acceptors (Lipinski definition) is 4. The molecule has 0 spiro atoms. The average Bonchev–Trinajstić information content (AvgIpc) is 2.44. The molecule has 0 aromatic heterocycles. The van der Waals surface area contributed by atoms with Gasteiger partial charge >= 0.3 is 0 Å². The summed E-state index contributed by atoms with van der Waals surface area (Å²) < 4.78 is 27.3. The van der Waals surface area contributed by atoms with Gasteiger partial charge in [-0.15, -0.1) is 24.0 Å². The molecule has 8 heteroatoms. The first-order valence-electron chi connectivity index (χ1n) is 8.52. The van der Waals surface area contributed by atoms with Crippen LogP contribution in [0.4, 0.5) is 0 Å². The van der Waals surface area contributed by atoms with Gasteiger partial charge in [0.05, 0.1) is 25.5 Å². The zero-order valence-electron chi connectivity index (χ0n) is 15.4. The third-order valence-electron chi connectivity index (χ3n) is 4.13.